The first kappa shape index (κ1) is 13.4. The largest absolute Gasteiger partial charge is 0.508 e. The van der Waals surface area contributed by atoms with E-state index >= 15 is 0 Å². The first-order valence-corrected chi connectivity index (χ1v) is 6.10. The van der Waals surface area contributed by atoms with Gasteiger partial charge >= 0.3 is 6.03 Å². The van der Waals surface area contributed by atoms with Gasteiger partial charge in [-0.05, 0) is 25.1 Å². The van der Waals surface area contributed by atoms with Crippen LogP contribution in [0.25, 0.3) is 0 Å². The number of rotatable bonds is 4. The first-order chi connectivity index (χ1) is 8.11. The molecule has 0 heterocycles. The van der Waals surface area contributed by atoms with Crippen molar-refractivity contribution in [3.8, 4) is 5.75 Å². The molecule has 0 atom stereocenters. The van der Waals surface area contributed by atoms with Crippen LogP contribution in [-0.4, -0.2) is 29.3 Å². The highest BCUT2D eigenvalue weighted by Gasteiger charge is 2.07. The lowest BCUT2D eigenvalue weighted by molar-refractivity contribution is -0.117. The van der Waals surface area contributed by atoms with E-state index in [4.69, 9.17) is 0 Å². The number of aromatic hydroxyl groups is 1. The van der Waals surface area contributed by atoms with Crippen molar-refractivity contribution in [1.82, 2.24) is 10.6 Å². The molecule has 1 aromatic rings. The van der Waals surface area contributed by atoms with E-state index in [1.54, 1.807) is 31.2 Å². The van der Waals surface area contributed by atoms with Gasteiger partial charge in [-0.2, -0.15) is 0 Å². The lowest BCUT2D eigenvalue weighted by Gasteiger charge is -2.04. The third kappa shape index (κ3) is 5.26. The van der Waals surface area contributed by atoms with E-state index < -0.39 is 6.03 Å². The van der Waals surface area contributed by atoms with Crippen LogP contribution < -0.4 is 10.6 Å². The topological polar surface area (TPSA) is 78.4 Å². The average molecular weight is 254 g/mol. The van der Waals surface area contributed by atoms with Gasteiger partial charge in [-0.1, -0.05) is 6.07 Å². The van der Waals surface area contributed by atoms with Crippen molar-refractivity contribution in [2.75, 3.05) is 12.3 Å². The van der Waals surface area contributed by atoms with Crippen molar-refractivity contribution < 1.29 is 14.7 Å². The zero-order valence-corrected chi connectivity index (χ0v) is 10.2. The Labute approximate surface area is 104 Å². The van der Waals surface area contributed by atoms with Crippen LogP contribution in [0.15, 0.2) is 29.2 Å². The van der Waals surface area contributed by atoms with Crippen LogP contribution in [-0.2, 0) is 4.79 Å². The zero-order chi connectivity index (χ0) is 12.7. The lowest BCUT2D eigenvalue weighted by atomic mass is 10.3. The highest BCUT2D eigenvalue weighted by atomic mass is 32.2. The Balaban J connectivity index is 2.35. The van der Waals surface area contributed by atoms with E-state index in [0.717, 1.165) is 4.90 Å². The summed E-state index contributed by atoms with van der Waals surface area (Å²) < 4.78 is 0. The van der Waals surface area contributed by atoms with E-state index in [1.165, 1.54) is 11.8 Å². The van der Waals surface area contributed by atoms with E-state index in [1.807, 2.05) is 0 Å². The summed E-state index contributed by atoms with van der Waals surface area (Å²) in [4.78, 5) is 23.1. The number of carbonyl (C=O) groups excluding carboxylic acids is 2. The Morgan fingerprint density at radius 3 is 2.82 bits per heavy atom. The third-order valence-corrected chi connectivity index (χ3v) is 2.77. The first-order valence-electron chi connectivity index (χ1n) is 5.11. The van der Waals surface area contributed by atoms with Crippen LogP contribution in [0, 0.1) is 0 Å². The standard InChI is InChI=1S/C11H14N2O3S/c1-2-12-11(16)13-10(15)7-17-9-5-3-4-8(14)6-9/h3-6,14H,2,7H2,1H3,(H2,12,13,15,16). The molecule has 0 aliphatic carbocycles. The molecule has 0 saturated heterocycles. The molecule has 3 N–H and O–H groups in total. The second-order valence-electron chi connectivity index (χ2n) is 3.19. The fourth-order valence-corrected chi connectivity index (χ4v) is 1.84. The van der Waals surface area contributed by atoms with Gasteiger partial charge in [-0.3, -0.25) is 10.1 Å². The molecule has 0 spiro atoms. The molecule has 0 bridgehead atoms. The van der Waals surface area contributed by atoms with Gasteiger partial charge in [0.05, 0.1) is 5.75 Å². The van der Waals surface area contributed by atoms with Crippen LogP contribution in [0.5, 0.6) is 5.75 Å². The number of hydrogen-bond donors (Lipinski definition) is 3. The molecule has 0 aliphatic rings. The van der Waals surface area contributed by atoms with Gasteiger partial charge in [0.1, 0.15) is 5.75 Å². The highest BCUT2D eigenvalue weighted by molar-refractivity contribution is 8.00. The van der Waals surface area contributed by atoms with Gasteiger partial charge in [0.25, 0.3) is 0 Å². The molecular formula is C11H14N2O3S. The number of phenolic OH excluding ortho intramolecular Hbond substituents is 1. The number of benzene rings is 1. The number of urea groups is 1. The predicted molar refractivity (Wildman–Crippen MR) is 66.0 cm³/mol. The van der Waals surface area contributed by atoms with Gasteiger partial charge in [0, 0.05) is 11.4 Å². The maximum atomic E-state index is 11.3. The number of amides is 3. The van der Waals surface area contributed by atoms with Crippen molar-refractivity contribution >= 4 is 23.7 Å². The lowest BCUT2D eigenvalue weighted by Crippen LogP contribution is -2.40. The predicted octanol–water partition coefficient (Wildman–Crippen LogP) is 1.33. The van der Waals surface area contributed by atoms with Crippen molar-refractivity contribution in [3.05, 3.63) is 24.3 Å². The van der Waals surface area contributed by atoms with Crippen molar-refractivity contribution in [2.45, 2.75) is 11.8 Å². The second kappa shape index (κ2) is 6.80. The van der Waals surface area contributed by atoms with E-state index in [9.17, 15) is 14.7 Å². The number of carbonyl (C=O) groups is 2. The van der Waals surface area contributed by atoms with Crippen molar-refractivity contribution in [2.24, 2.45) is 0 Å². The van der Waals surface area contributed by atoms with Gasteiger partial charge in [-0.25, -0.2) is 4.79 Å². The fourth-order valence-electron chi connectivity index (χ4n) is 1.09. The quantitative estimate of drug-likeness (QED) is 0.708. The maximum absolute atomic E-state index is 11.3. The summed E-state index contributed by atoms with van der Waals surface area (Å²) in [6.07, 6.45) is 0. The third-order valence-electron chi connectivity index (χ3n) is 1.78. The molecule has 0 fully saturated rings. The molecule has 0 aromatic heterocycles. The Hall–Kier alpha value is -1.69. The number of nitrogens with one attached hydrogen (secondary N) is 2. The maximum Gasteiger partial charge on any atom is 0.321 e. The molecule has 0 saturated carbocycles. The number of phenols is 1. The summed E-state index contributed by atoms with van der Waals surface area (Å²) in [6.45, 7) is 2.24. The molecule has 3 amide bonds. The monoisotopic (exact) mass is 254 g/mol. The zero-order valence-electron chi connectivity index (χ0n) is 9.40. The molecule has 92 valence electrons. The second-order valence-corrected chi connectivity index (χ2v) is 4.24. The summed E-state index contributed by atoms with van der Waals surface area (Å²) in [6, 6.07) is 6.10. The number of hydrogen-bond acceptors (Lipinski definition) is 4. The molecule has 0 aliphatic heterocycles. The van der Waals surface area contributed by atoms with Crippen LogP contribution in [0.4, 0.5) is 4.79 Å². The Morgan fingerprint density at radius 2 is 2.18 bits per heavy atom. The molecule has 0 radical (unpaired) electrons. The summed E-state index contributed by atoms with van der Waals surface area (Å²) in [5.41, 5.74) is 0. The summed E-state index contributed by atoms with van der Waals surface area (Å²) in [5, 5.41) is 13.9. The smallest absolute Gasteiger partial charge is 0.321 e. The van der Waals surface area contributed by atoms with E-state index in [2.05, 4.69) is 10.6 Å². The fraction of sp³-hybridized carbons (Fsp3) is 0.273. The minimum Gasteiger partial charge on any atom is -0.508 e. The highest BCUT2D eigenvalue weighted by Crippen LogP contribution is 2.21. The number of thioether (sulfide) groups is 1. The van der Waals surface area contributed by atoms with Gasteiger partial charge in [-0.15, -0.1) is 11.8 Å². The molecule has 1 rings (SSSR count). The Bertz CT molecular complexity index is 409. The van der Waals surface area contributed by atoms with Gasteiger partial charge < -0.3 is 10.4 Å². The van der Waals surface area contributed by atoms with Gasteiger partial charge in [0.15, 0.2) is 0 Å². The Morgan fingerprint density at radius 1 is 1.41 bits per heavy atom. The summed E-state index contributed by atoms with van der Waals surface area (Å²) >= 11 is 1.25. The molecule has 5 nitrogen and oxygen atoms in total. The normalized spacial score (nSPS) is 9.71. The Kier molecular flexibility index (Phi) is 5.35. The van der Waals surface area contributed by atoms with Crippen molar-refractivity contribution in [1.29, 1.82) is 0 Å². The molecule has 6 heteroatoms. The molecule has 17 heavy (non-hydrogen) atoms. The van der Waals surface area contributed by atoms with Gasteiger partial charge in [0.2, 0.25) is 5.91 Å². The van der Waals surface area contributed by atoms with E-state index in [-0.39, 0.29) is 17.4 Å². The van der Waals surface area contributed by atoms with Crippen LogP contribution in [0.3, 0.4) is 0 Å². The number of imide groups is 1. The molecular weight excluding hydrogens is 240 g/mol. The SMILES string of the molecule is CCNC(=O)NC(=O)CSc1cccc(O)c1. The minimum absolute atomic E-state index is 0.126. The van der Waals surface area contributed by atoms with Crippen LogP contribution in [0.1, 0.15) is 6.92 Å². The van der Waals surface area contributed by atoms with Crippen LogP contribution >= 0.6 is 11.8 Å². The average Bonchev–Trinajstić information content (AvgIpc) is 2.27. The molecule has 1 aromatic carbocycles. The molecule has 0 unspecified atom stereocenters. The van der Waals surface area contributed by atoms with Crippen LogP contribution in [0.2, 0.25) is 0 Å². The van der Waals surface area contributed by atoms with E-state index in [0.29, 0.717) is 6.54 Å². The van der Waals surface area contributed by atoms with Crippen molar-refractivity contribution in [3.63, 3.8) is 0 Å². The minimum atomic E-state index is -0.492. The summed E-state index contributed by atoms with van der Waals surface area (Å²) in [5.74, 6) is -0.0935. The summed E-state index contributed by atoms with van der Waals surface area (Å²) in [7, 11) is 0.